The molecule has 0 bridgehead atoms. The number of hydrogen-bond donors (Lipinski definition) is 3. The topological polar surface area (TPSA) is 144 Å². The molecule has 4 aromatic rings. The molecule has 2 heterocycles. The number of hydrogen-bond acceptors (Lipinski definition) is 7. The minimum absolute atomic E-state index is 0.0267. The lowest BCUT2D eigenvalue weighted by Crippen LogP contribution is -2.31. The summed E-state index contributed by atoms with van der Waals surface area (Å²) in [5, 5.41) is 19.1. The standard InChI is InChI=1S/C28H26ClF2N3O7/c1-28(2,40)12-23(37)34-20-10-15(9-18(21(36)6-8-35)25(20)32-27(34)39)13-33-7-5-22(24(29)26(33)38)41-14-16-3-4-17(30)11-19(16)31/h3-5,7,9-11,35,40H,6,8,12-14H2,1-2H3,(H,32,39). The first kappa shape index (κ1) is 29.8. The van der Waals surface area contributed by atoms with Gasteiger partial charge in [0.25, 0.3) is 5.56 Å². The largest absolute Gasteiger partial charge is 0.487 e. The van der Waals surface area contributed by atoms with Gasteiger partial charge in [-0.15, -0.1) is 0 Å². The second-order valence-corrected chi connectivity index (χ2v) is 10.4. The molecule has 0 aliphatic heterocycles. The van der Waals surface area contributed by atoms with Crippen LogP contribution < -0.4 is 16.0 Å². The molecule has 4 rings (SSSR count). The van der Waals surface area contributed by atoms with E-state index in [2.05, 4.69) is 4.98 Å². The third-order valence-electron chi connectivity index (χ3n) is 6.15. The van der Waals surface area contributed by atoms with Gasteiger partial charge in [0, 0.05) is 29.8 Å². The van der Waals surface area contributed by atoms with Crippen LogP contribution >= 0.6 is 11.6 Å². The number of aliphatic hydroxyl groups is 2. The van der Waals surface area contributed by atoms with Gasteiger partial charge >= 0.3 is 5.69 Å². The van der Waals surface area contributed by atoms with Crippen LogP contribution in [0.1, 0.15) is 53.0 Å². The number of ether oxygens (including phenoxy) is 1. The van der Waals surface area contributed by atoms with Crippen LogP contribution in [0.25, 0.3) is 11.0 Å². The van der Waals surface area contributed by atoms with Crippen LogP contribution in [0.4, 0.5) is 8.78 Å². The number of Topliss-reactive ketones (excluding diaryl/α,β-unsaturated/α-hetero) is 1. The van der Waals surface area contributed by atoms with Gasteiger partial charge in [0.2, 0.25) is 5.91 Å². The number of imidazole rings is 1. The first-order valence-electron chi connectivity index (χ1n) is 12.4. The van der Waals surface area contributed by atoms with Gasteiger partial charge in [0.05, 0.1) is 36.2 Å². The Kier molecular flexibility index (Phi) is 8.57. The van der Waals surface area contributed by atoms with Crippen LogP contribution in [0.2, 0.25) is 5.02 Å². The number of aromatic nitrogens is 3. The fourth-order valence-corrected chi connectivity index (χ4v) is 4.49. The van der Waals surface area contributed by atoms with Crippen molar-refractivity contribution in [3.63, 3.8) is 0 Å². The number of rotatable bonds is 10. The number of benzene rings is 2. The van der Waals surface area contributed by atoms with E-state index in [4.69, 9.17) is 16.3 Å². The SMILES string of the molecule is CC(C)(O)CC(=O)n1c(=O)[nH]c2c(C(=O)CCO)cc(Cn3ccc(OCc4ccc(F)cc4F)c(Cl)c3=O)cc21. The zero-order valence-corrected chi connectivity index (χ0v) is 22.8. The summed E-state index contributed by atoms with van der Waals surface area (Å²) in [4.78, 5) is 54.0. The highest BCUT2D eigenvalue weighted by Gasteiger charge is 2.25. The molecule has 0 saturated heterocycles. The Morgan fingerprint density at radius 1 is 1.12 bits per heavy atom. The van der Waals surface area contributed by atoms with Gasteiger partial charge in [-0.3, -0.25) is 14.4 Å². The van der Waals surface area contributed by atoms with Crippen LogP contribution in [0, 0.1) is 11.6 Å². The summed E-state index contributed by atoms with van der Waals surface area (Å²) in [6.07, 6.45) is 0.714. The third-order valence-corrected chi connectivity index (χ3v) is 6.50. The van der Waals surface area contributed by atoms with E-state index in [1.807, 2.05) is 0 Å². The minimum Gasteiger partial charge on any atom is -0.487 e. The molecule has 0 fully saturated rings. The fourth-order valence-electron chi connectivity index (χ4n) is 4.27. The Morgan fingerprint density at radius 2 is 1.85 bits per heavy atom. The van der Waals surface area contributed by atoms with Crippen molar-refractivity contribution in [2.24, 2.45) is 0 Å². The molecule has 2 aromatic carbocycles. The van der Waals surface area contributed by atoms with Crippen LogP contribution in [-0.2, 0) is 13.2 Å². The third kappa shape index (κ3) is 6.62. The molecule has 0 aliphatic carbocycles. The zero-order valence-electron chi connectivity index (χ0n) is 22.0. The van der Waals surface area contributed by atoms with Crippen molar-refractivity contribution in [3.8, 4) is 5.75 Å². The summed E-state index contributed by atoms with van der Waals surface area (Å²) in [6.45, 7) is 1.91. The number of nitrogens with zero attached hydrogens (tertiary/aromatic N) is 2. The predicted molar refractivity (Wildman–Crippen MR) is 146 cm³/mol. The molecule has 3 N–H and O–H groups in total. The zero-order chi connectivity index (χ0) is 30.1. The summed E-state index contributed by atoms with van der Waals surface area (Å²) in [5.41, 5.74) is -2.35. The molecule has 2 aromatic heterocycles. The van der Waals surface area contributed by atoms with Crippen LogP contribution in [0.3, 0.4) is 0 Å². The van der Waals surface area contributed by atoms with E-state index in [1.54, 1.807) is 0 Å². The number of aliphatic hydroxyl groups excluding tert-OH is 1. The highest BCUT2D eigenvalue weighted by atomic mass is 35.5. The van der Waals surface area contributed by atoms with Crippen molar-refractivity contribution in [2.45, 2.75) is 45.4 Å². The van der Waals surface area contributed by atoms with Gasteiger partial charge in [0.1, 0.15) is 29.0 Å². The van der Waals surface area contributed by atoms with Crippen molar-refractivity contribution in [2.75, 3.05) is 6.61 Å². The van der Waals surface area contributed by atoms with E-state index in [1.165, 1.54) is 48.9 Å². The summed E-state index contributed by atoms with van der Waals surface area (Å²) < 4.78 is 34.6. The Bertz CT molecular complexity index is 1770. The molecular weight excluding hydrogens is 564 g/mol. The Labute approximate surface area is 236 Å². The molecule has 0 aliphatic rings. The molecule has 216 valence electrons. The van der Waals surface area contributed by atoms with E-state index in [0.717, 1.165) is 10.6 Å². The number of fused-ring (bicyclic) bond motifs is 1. The molecule has 0 amide bonds. The van der Waals surface area contributed by atoms with E-state index in [0.29, 0.717) is 11.6 Å². The number of aromatic amines is 1. The fraction of sp³-hybridized carbons (Fsp3) is 0.286. The average molecular weight is 590 g/mol. The van der Waals surface area contributed by atoms with Gasteiger partial charge in [-0.2, -0.15) is 0 Å². The number of carbonyl (C=O) groups is 2. The Morgan fingerprint density at radius 3 is 2.51 bits per heavy atom. The maximum Gasteiger partial charge on any atom is 0.333 e. The van der Waals surface area contributed by atoms with E-state index in [-0.39, 0.29) is 58.9 Å². The summed E-state index contributed by atoms with van der Waals surface area (Å²) in [7, 11) is 0. The Hall–Kier alpha value is -4.13. The number of nitrogens with one attached hydrogen (secondary N) is 1. The first-order valence-corrected chi connectivity index (χ1v) is 12.8. The van der Waals surface area contributed by atoms with Gasteiger partial charge in [0.15, 0.2) is 5.78 Å². The quantitative estimate of drug-likeness (QED) is 0.240. The lowest BCUT2D eigenvalue weighted by atomic mass is 10.0. The van der Waals surface area contributed by atoms with Gasteiger partial charge in [-0.05, 0) is 49.7 Å². The highest BCUT2D eigenvalue weighted by Crippen LogP contribution is 2.25. The van der Waals surface area contributed by atoms with Crippen LogP contribution in [0.5, 0.6) is 5.75 Å². The van der Waals surface area contributed by atoms with E-state index in [9.17, 15) is 38.2 Å². The number of H-pyrrole nitrogens is 1. The first-order chi connectivity index (χ1) is 19.3. The lowest BCUT2D eigenvalue weighted by molar-refractivity contribution is 0.0530. The number of pyridine rings is 1. The molecule has 0 spiro atoms. The van der Waals surface area contributed by atoms with Crippen molar-refractivity contribution < 1.29 is 33.3 Å². The second kappa shape index (κ2) is 11.8. The van der Waals surface area contributed by atoms with Crippen LogP contribution in [-0.4, -0.2) is 48.2 Å². The predicted octanol–water partition coefficient (Wildman–Crippen LogP) is 3.42. The highest BCUT2D eigenvalue weighted by molar-refractivity contribution is 6.31. The number of carbonyl (C=O) groups excluding carboxylic acids is 2. The van der Waals surface area contributed by atoms with Crippen molar-refractivity contribution in [1.29, 1.82) is 0 Å². The maximum atomic E-state index is 13.9. The van der Waals surface area contributed by atoms with Crippen LogP contribution in [0.15, 0.2) is 52.2 Å². The Balaban J connectivity index is 1.71. The molecule has 41 heavy (non-hydrogen) atoms. The number of ketones is 1. The van der Waals surface area contributed by atoms with E-state index < -0.39 is 46.8 Å². The normalized spacial score (nSPS) is 11.7. The molecule has 0 saturated carbocycles. The molecule has 13 heteroatoms. The molecular formula is C28H26ClF2N3O7. The number of halogens is 3. The second-order valence-electron chi connectivity index (χ2n) is 10.0. The van der Waals surface area contributed by atoms with Crippen molar-refractivity contribution in [1.82, 2.24) is 14.1 Å². The molecule has 0 unspecified atom stereocenters. The molecule has 0 atom stereocenters. The lowest BCUT2D eigenvalue weighted by Gasteiger charge is -2.16. The van der Waals surface area contributed by atoms with E-state index >= 15 is 0 Å². The van der Waals surface area contributed by atoms with Gasteiger partial charge < -0.3 is 24.5 Å². The smallest absolute Gasteiger partial charge is 0.333 e. The van der Waals surface area contributed by atoms with Crippen molar-refractivity contribution >= 4 is 34.3 Å². The average Bonchev–Trinajstić information content (AvgIpc) is 3.21. The monoisotopic (exact) mass is 589 g/mol. The maximum absolute atomic E-state index is 13.9. The van der Waals surface area contributed by atoms with Gasteiger partial charge in [-0.25, -0.2) is 18.1 Å². The summed E-state index contributed by atoms with van der Waals surface area (Å²) in [5.74, 6) is -2.83. The molecule has 10 nitrogen and oxygen atoms in total. The summed E-state index contributed by atoms with van der Waals surface area (Å²) >= 11 is 6.23. The van der Waals surface area contributed by atoms with Crippen molar-refractivity contribution in [3.05, 3.63) is 96.8 Å². The summed E-state index contributed by atoms with van der Waals surface area (Å²) in [6, 6.07) is 7.24. The minimum atomic E-state index is -1.41. The molecule has 0 radical (unpaired) electrons. The van der Waals surface area contributed by atoms with Gasteiger partial charge in [-0.1, -0.05) is 11.6 Å².